The van der Waals surface area contributed by atoms with Crippen molar-refractivity contribution >= 4 is 16.9 Å². The maximum Gasteiger partial charge on any atom is 0.336 e. The molecule has 2 aromatic carbocycles. The van der Waals surface area contributed by atoms with E-state index < -0.39 is 17.6 Å². The number of aromatic nitrogens is 1. The van der Waals surface area contributed by atoms with Gasteiger partial charge in [-0.3, -0.25) is 0 Å². The molecule has 3 aromatic rings. The van der Waals surface area contributed by atoms with Crippen molar-refractivity contribution in [3.8, 4) is 11.3 Å². The van der Waals surface area contributed by atoms with Gasteiger partial charge in [0, 0.05) is 17.0 Å². The Kier molecular flexibility index (Phi) is 3.10. The molecule has 1 N–H and O–H groups in total. The van der Waals surface area contributed by atoms with Crippen LogP contribution in [0, 0.1) is 11.6 Å². The Labute approximate surface area is 118 Å². The summed E-state index contributed by atoms with van der Waals surface area (Å²) in [5.74, 6) is -3.37. The van der Waals surface area contributed by atoms with Gasteiger partial charge in [-0.05, 0) is 12.1 Å². The van der Waals surface area contributed by atoms with Crippen LogP contribution >= 0.6 is 0 Å². The van der Waals surface area contributed by atoms with Crippen molar-refractivity contribution < 1.29 is 18.7 Å². The van der Waals surface area contributed by atoms with Gasteiger partial charge in [0.25, 0.3) is 0 Å². The van der Waals surface area contributed by atoms with Crippen LogP contribution in [0.15, 0.2) is 48.5 Å². The fraction of sp³-hybridized carbons (Fsp3) is 0. The number of nitrogens with zero attached hydrogens (tertiary/aromatic N) is 1. The summed E-state index contributed by atoms with van der Waals surface area (Å²) in [5, 5.41) is 9.34. The Bertz CT molecular complexity index is 848. The number of rotatable bonds is 2. The zero-order valence-electron chi connectivity index (χ0n) is 10.7. The topological polar surface area (TPSA) is 50.2 Å². The van der Waals surface area contributed by atoms with Gasteiger partial charge in [0.15, 0.2) is 11.6 Å². The van der Waals surface area contributed by atoms with Crippen LogP contribution in [0.4, 0.5) is 8.78 Å². The smallest absolute Gasteiger partial charge is 0.336 e. The highest BCUT2D eigenvalue weighted by Gasteiger charge is 2.15. The Morgan fingerprint density at radius 3 is 2.33 bits per heavy atom. The van der Waals surface area contributed by atoms with Crippen LogP contribution < -0.4 is 0 Å². The molecule has 0 saturated heterocycles. The molecule has 3 rings (SSSR count). The second kappa shape index (κ2) is 4.94. The highest BCUT2D eigenvalue weighted by atomic mass is 19.2. The molecule has 0 amide bonds. The summed E-state index contributed by atoms with van der Waals surface area (Å²) in [4.78, 5) is 15.6. The molecule has 1 aromatic heterocycles. The van der Waals surface area contributed by atoms with Crippen LogP contribution in [0.2, 0.25) is 0 Å². The second-order valence-corrected chi connectivity index (χ2v) is 4.51. The van der Waals surface area contributed by atoms with Gasteiger partial charge >= 0.3 is 5.97 Å². The van der Waals surface area contributed by atoms with Gasteiger partial charge in [0.1, 0.15) is 0 Å². The molecule has 104 valence electrons. The summed E-state index contributed by atoms with van der Waals surface area (Å²) < 4.78 is 26.7. The van der Waals surface area contributed by atoms with Crippen molar-refractivity contribution in [2.24, 2.45) is 0 Å². The standard InChI is InChI=1S/C16H9F2NO2/c17-12-6-10-11(16(20)21)7-14(9-4-2-1-3-5-9)19-15(10)8-13(12)18/h1-8H,(H,20,21). The highest BCUT2D eigenvalue weighted by Crippen LogP contribution is 2.26. The largest absolute Gasteiger partial charge is 0.478 e. The van der Waals surface area contributed by atoms with Gasteiger partial charge in [0.2, 0.25) is 0 Å². The van der Waals surface area contributed by atoms with E-state index in [1.54, 1.807) is 24.3 Å². The van der Waals surface area contributed by atoms with Crippen molar-refractivity contribution in [1.29, 1.82) is 0 Å². The van der Waals surface area contributed by atoms with Crippen LogP contribution in [0.25, 0.3) is 22.2 Å². The van der Waals surface area contributed by atoms with Crippen LogP contribution in [0.1, 0.15) is 10.4 Å². The van der Waals surface area contributed by atoms with Gasteiger partial charge in [-0.25, -0.2) is 18.6 Å². The van der Waals surface area contributed by atoms with E-state index in [0.29, 0.717) is 11.3 Å². The second-order valence-electron chi connectivity index (χ2n) is 4.51. The van der Waals surface area contributed by atoms with E-state index in [2.05, 4.69) is 4.98 Å². The molecule has 3 nitrogen and oxygen atoms in total. The maximum atomic E-state index is 13.4. The van der Waals surface area contributed by atoms with Crippen molar-refractivity contribution in [3.05, 3.63) is 65.7 Å². The number of carboxylic acid groups (broad SMARTS) is 1. The summed E-state index contributed by atoms with van der Waals surface area (Å²) >= 11 is 0. The van der Waals surface area contributed by atoms with E-state index >= 15 is 0 Å². The number of aromatic carboxylic acids is 1. The van der Waals surface area contributed by atoms with Gasteiger partial charge < -0.3 is 5.11 Å². The minimum atomic E-state index is -1.22. The number of fused-ring (bicyclic) bond motifs is 1. The van der Waals surface area contributed by atoms with Gasteiger partial charge in [-0.15, -0.1) is 0 Å². The van der Waals surface area contributed by atoms with Crippen molar-refractivity contribution in [2.75, 3.05) is 0 Å². The minimum Gasteiger partial charge on any atom is -0.478 e. The Balaban J connectivity index is 2.35. The first-order chi connectivity index (χ1) is 10.1. The van der Waals surface area contributed by atoms with E-state index in [-0.39, 0.29) is 16.5 Å². The van der Waals surface area contributed by atoms with E-state index in [1.807, 2.05) is 6.07 Å². The summed E-state index contributed by atoms with van der Waals surface area (Å²) in [7, 11) is 0. The lowest BCUT2D eigenvalue weighted by atomic mass is 10.0. The Morgan fingerprint density at radius 1 is 1.00 bits per heavy atom. The van der Waals surface area contributed by atoms with Gasteiger partial charge in [0.05, 0.1) is 16.8 Å². The molecule has 0 bridgehead atoms. The molecular formula is C16H9F2NO2. The number of carbonyl (C=O) groups is 1. The molecule has 0 unspecified atom stereocenters. The van der Waals surface area contributed by atoms with Crippen LogP contribution in [0.5, 0.6) is 0 Å². The Hall–Kier alpha value is -2.82. The third kappa shape index (κ3) is 2.33. The monoisotopic (exact) mass is 285 g/mol. The lowest BCUT2D eigenvalue weighted by Crippen LogP contribution is -2.01. The molecule has 5 heteroatoms. The first-order valence-electron chi connectivity index (χ1n) is 6.15. The van der Waals surface area contributed by atoms with E-state index in [1.165, 1.54) is 6.07 Å². The summed E-state index contributed by atoms with van der Waals surface area (Å²) in [5.41, 5.74) is 1.09. The maximum absolute atomic E-state index is 13.4. The summed E-state index contributed by atoms with van der Waals surface area (Å²) in [6.07, 6.45) is 0. The van der Waals surface area contributed by atoms with Gasteiger partial charge in [-0.2, -0.15) is 0 Å². The van der Waals surface area contributed by atoms with E-state index in [4.69, 9.17) is 0 Å². The molecule has 0 radical (unpaired) electrons. The highest BCUT2D eigenvalue weighted by molar-refractivity contribution is 6.03. The van der Waals surface area contributed by atoms with Crippen LogP contribution in [-0.2, 0) is 0 Å². The molecule has 0 aliphatic rings. The van der Waals surface area contributed by atoms with E-state index in [0.717, 1.165) is 12.1 Å². The molecule has 0 saturated carbocycles. The Morgan fingerprint density at radius 2 is 1.67 bits per heavy atom. The number of benzene rings is 2. The SMILES string of the molecule is O=C(O)c1cc(-c2ccccc2)nc2cc(F)c(F)cc12. The molecule has 0 aliphatic heterocycles. The zero-order chi connectivity index (χ0) is 15.0. The summed E-state index contributed by atoms with van der Waals surface area (Å²) in [6.45, 7) is 0. The minimum absolute atomic E-state index is 0.0704. The van der Waals surface area contributed by atoms with Crippen molar-refractivity contribution in [3.63, 3.8) is 0 Å². The van der Waals surface area contributed by atoms with Crippen molar-refractivity contribution in [1.82, 2.24) is 4.98 Å². The fourth-order valence-corrected chi connectivity index (χ4v) is 2.15. The van der Waals surface area contributed by atoms with Gasteiger partial charge in [-0.1, -0.05) is 30.3 Å². The molecular weight excluding hydrogens is 276 g/mol. The average Bonchev–Trinajstić information content (AvgIpc) is 2.48. The third-order valence-corrected chi connectivity index (χ3v) is 3.15. The predicted octanol–water partition coefficient (Wildman–Crippen LogP) is 3.88. The van der Waals surface area contributed by atoms with Crippen LogP contribution in [0.3, 0.4) is 0 Å². The lowest BCUT2D eigenvalue weighted by Gasteiger charge is -2.07. The third-order valence-electron chi connectivity index (χ3n) is 3.15. The molecule has 0 aliphatic carbocycles. The number of halogens is 2. The summed E-state index contributed by atoms with van der Waals surface area (Å²) in [6, 6.07) is 12.0. The molecule has 0 spiro atoms. The number of hydrogen-bond donors (Lipinski definition) is 1. The first kappa shape index (κ1) is 13.2. The first-order valence-corrected chi connectivity index (χ1v) is 6.15. The predicted molar refractivity (Wildman–Crippen MR) is 74.1 cm³/mol. The van der Waals surface area contributed by atoms with E-state index in [9.17, 15) is 18.7 Å². The average molecular weight is 285 g/mol. The number of carboxylic acids is 1. The zero-order valence-corrected chi connectivity index (χ0v) is 10.7. The number of hydrogen-bond acceptors (Lipinski definition) is 2. The van der Waals surface area contributed by atoms with Crippen LogP contribution in [-0.4, -0.2) is 16.1 Å². The number of pyridine rings is 1. The fourth-order valence-electron chi connectivity index (χ4n) is 2.15. The molecule has 21 heavy (non-hydrogen) atoms. The molecule has 1 heterocycles. The molecule has 0 atom stereocenters. The lowest BCUT2D eigenvalue weighted by molar-refractivity contribution is 0.0699. The molecule has 0 fully saturated rings. The quantitative estimate of drug-likeness (QED) is 0.777. The van der Waals surface area contributed by atoms with Crippen molar-refractivity contribution in [2.45, 2.75) is 0 Å². The normalized spacial score (nSPS) is 10.8.